The molecule has 1 aromatic rings. The highest BCUT2D eigenvalue weighted by molar-refractivity contribution is 6.45. The highest BCUT2D eigenvalue weighted by atomic mass is 16.7. The summed E-state index contributed by atoms with van der Waals surface area (Å²) in [5.74, 6) is 0.578. The van der Waals surface area contributed by atoms with Crippen LogP contribution in [-0.4, -0.2) is 18.3 Å². The molecule has 0 aromatic heterocycles. The van der Waals surface area contributed by atoms with Crippen molar-refractivity contribution >= 4 is 7.12 Å². The monoisotopic (exact) mass is 272 g/mol. The predicted octanol–water partition coefficient (Wildman–Crippen LogP) is 4.20. The van der Waals surface area contributed by atoms with E-state index in [0.717, 1.165) is 6.32 Å². The molecule has 0 saturated carbocycles. The van der Waals surface area contributed by atoms with Crippen LogP contribution in [0.15, 0.2) is 24.3 Å². The van der Waals surface area contributed by atoms with Gasteiger partial charge in [-0.05, 0) is 70.3 Å². The Morgan fingerprint density at radius 1 is 1.10 bits per heavy atom. The molecule has 0 spiro atoms. The highest BCUT2D eigenvalue weighted by Gasteiger charge is 2.51. The molecule has 0 amide bonds. The Balaban J connectivity index is 1.75. The lowest BCUT2D eigenvalue weighted by Crippen LogP contribution is -2.41. The second-order valence-electron chi connectivity index (χ2n) is 7.21. The van der Waals surface area contributed by atoms with Crippen molar-refractivity contribution < 1.29 is 9.31 Å². The quantitative estimate of drug-likeness (QED) is 0.751. The van der Waals surface area contributed by atoms with E-state index in [1.165, 1.54) is 30.4 Å². The molecule has 1 aliphatic heterocycles. The zero-order valence-corrected chi connectivity index (χ0v) is 13.1. The smallest absolute Gasteiger partial charge is 0.403 e. The fraction of sp³-hybridized carbons (Fsp3) is 0.647. The first-order chi connectivity index (χ1) is 9.39. The fourth-order valence-corrected chi connectivity index (χ4v) is 3.39. The van der Waals surface area contributed by atoms with Gasteiger partial charge < -0.3 is 9.31 Å². The molecule has 1 atom stereocenters. The summed E-state index contributed by atoms with van der Waals surface area (Å²) in [6.45, 7) is 8.51. The van der Waals surface area contributed by atoms with Crippen molar-refractivity contribution in [3.63, 3.8) is 0 Å². The van der Waals surface area contributed by atoms with Gasteiger partial charge in [-0.2, -0.15) is 0 Å². The highest BCUT2D eigenvalue weighted by Crippen LogP contribution is 2.42. The van der Waals surface area contributed by atoms with Crippen molar-refractivity contribution in [2.24, 2.45) is 0 Å². The van der Waals surface area contributed by atoms with Gasteiger partial charge in [-0.15, -0.1) is 0 Å². The molecule has 3 heteroatoms. The number of fused-ring (bicyclic) bond motifs is 1. The molecule has 1 aromatic carbocycles. The Bertz CT molecular complexity index is 480. The minimum atomic E-state index is -0.216. The molecule has 1 aliphatic carbocycles. The van der Waals surface area contributed by atoms with Gasteiger partial charge in [0.1, 0.15) is 0 Å². The van der Waals surface area contributed by atoms with E-state index in [9.17, 15) is 0 Å². The first kappa shape index (κ1) is 14.2. The van der Waals surface area contributed by atoms with Crippen LogP contribution in [0.4, 0.5) is 0 Å². The molecule has 0 N–H and O–H groups in total. The molecule has 3 rings (SSSR count). The Kier molecular flexibility index (Phi) is 3.46. The van der Waals surface area contributed by atoms with Crippen LogP contribution in [0.3, 0.4) is 0 Å². The van der Waals surface area contributed by atoms with Crippen LogP contribution in [0.2, 0.25) is 6.32 Å². The van der Waals surface area contributed by atoms with Crippen LogP contribution < -0.4 is 0 Å². The van der Waals surface area contributed by atoms with E-state index in [4.69, 9.17) is 9.31 Å². The maximum Gasteiger partial charge on any atom is 0.458 e. The minimum Gasteiger partial charge on any atom is -0.403 e. The minimum absolute atomic E-state index is 0.0730. The molecule has 1 fully saturated rings. The normalized spacial score (nSPS) is 27.4. The third kappa shape index (κ3) is 2.42. The molecular weight excluding hydrogens is 247 g/mol. The van der Waals surface area contributed by atoms with Crippen LogP contribution in [0.25, 0.3) is 0 Å². The number of aryl methyl sites for hydroxylation is 1. The van der Waals surface area contributed by atoms with Crippen molar-refractivity contribution in [2.75, 3.05) is 0 Å². The third-order valence-corrected chi connectivity index (χ3v) is 5.27. The number of benzene rings is 1. The molecule has 1 saturated heterocycles. The molecule has 2 nitrogen and oxygen atoms in total. The van der Waals surface area contributed by atoms with Gasteiger partial charge in [0.15, 0.2) is 0 Å². The first-order valence-electron chi connectivity index (χ1n) is 7.82. The van der Waals surface area contributed by atoms with Crippen molar-refractivity contribution in [3.8, 4) is 0 Å². The number of hydrogen-bond acceptors (Lipinski definition) is 2. The van der Waals surface area contributed by atoms with Crippen LogP contribution in [0.1, 0.15) is 57.6 Å². The third-order valence-electron chi connectivity index (χ3n) is 5.27. The Labute approximate surface area is 123 Å². The summed E-state index contributed by atoms with van der Waals surface area (Å²) in [7, 11) is -0.0730. The fourth-order valence-electron chi connectivity index (χ4n) is 3.39. The van der Waals surface area contributed by atoms with E-state index >= 15 is 0 Å². The Morgan fingerprint density at radius 2 is 1.75 bits per heavy atom. The summed E-state index contributed by atoms with van der Waals surface area (Å²) >= 11 is 0. The SMILES string of the molecule is CC1(C)OB(C[C@@H]2CCCc3ccccc32)OC1(C)C. The summed E-state index contributed by atoms with van der Waals surface area (Å²) in [6, 6.07) is 8.85. The molecular formula is C17H25BO2. The van der Waals surface area contributed by atoms with Crippen LogP contribution >= 0.6 is 0 Å². The summed E-state index contributed by atoms with van der Waals surface area (Å²) < 4.78 is 12.3. The van der Waals surface area contributed by atoms with Gasteiger partial charge in [0, 0.05) is 0 Å². The van der Waals surface area contributed by atoms with Gasteiger partial charge in [-0.25, -0.2) is 0 Å². The summed E-state index contributed by atoms with van der Waals surface area (Å²) in [4.78, 5) is 0. The molecule has 2 aliphatic rings. The zero-order chi connectivity index (χ0) is 14.4. The standard InChI is InChI=1S/C17H25BO2/c1-16(2)17(3,4)20-18(19-16)12-14-10-7-9-13-8-5-6-11-15(13)14/h5-6,8,11,14H,7,9-10,12H2,1-4H3/t14-/m0/s1. The van der Waals surface area contributed by atoms with Crippen molar-refractivity contribution in [1.82, 2.24) is 0 Å². The lowest BCUT2D eigenvalue weighted by Gasteiger charge is -2.32. The molecule has 20 heavy (non-hydrogen) atoms. The summed E-state index contributed by atoms with van der Waals surface area (Å²) in [5.41, 5.74) is 2.59. The average Bonchev–Trinajstić information content (AvgIpc) is 2.58. The topological polar surface area (TPSA) is 18.5 Å². The van der Waals surface area contributed by atoms with E-state index in [1.807, 2.05) is 0 Å². The maximum absolute atomic E-state index is 6.16. The lowest BCUT2D eigenvalue weighted by atomic mass is 9.70. The van der Waals surface area contributed by atoms with E-state index in [-0.39, 0.29) is 18.3 Å². The van der Waals surface area contributed by atoms with Gasteiger partial charge >= 0.3 is 7.12 Å². The molecule has 0 bridgehead atoms. The zero-order valence-electron chi connectivity index (χ0n) is 13.1. The molecule has 0 radical (unpaired) electrons. The van der Waals surface area contributed by atoms with E-state index < -0.39 is 0 Å². The summed E-state index contributed by atoms with van der Waals surface area (Å²) in [5, 5.41) is 0. The lowest BCUT2D eigenvalue weighted by molar-refractivity contribution is 0.00578. The largest absolute Gasteiger partial charge is 0.458 e. The molecule has 108 valence electrons. The predicted molar refractivity (Wildman–Crippen MR) is 83.0 cm³/mol. The Morgan fingerprint density at radius 3 is 2.45 bits per heavy atom. The van der Waals surface area contributed by atoms with Gasteiger partial charge in [-0.1, -0.05) is 24.3 Å². The number of hydrogen-bond donors (Lipinski definition) is 0. The van der Waals surface area contributed by atoms with Crippen molar-refractivity contribution in [2.45, 2.75) is 70.4 Å². The second kappa shape index (κ2) is 4.89. The van der Waals surface area contributed by atoms with Crippen LogP contribution in [0, 0.1) is 0 Å². The average molecular weight is 272 g/mol. The number of rotatable bonds is 2. The Hall–Kier alpha value is -0.795. The van der Waals surface area contributed by atoms with Gasteiger partial charge in [0.2, 0.25) is 0 Å². The van der Waals surface area contributed by atoms with Gasteiger partial charge in [0.05, 0.1) is 11.2 Å². The van der Waals surface area contributed by atoms with Crippen molar-refractivity contribution in [1.29, 1.82) is 0 Å². The van der Waals surface area contributed by atoms with Gasteiger partial charge in [-0.3, -0.25) is 0 Å². The first-order valence-corrected chi connectivity index (χ1v) is 7.82. The van der Waals surface area contributed by atoms with E-state index in [1.54, 1.807) is 0 Å². The van der Waals surface area contributed by atoms with Crippen LogP contribution in [0.5, 0.6) is 0 Å². The maximum atomic E-state index is 6.16. The van der Waals surface area contributed by atoms with E-state index in [0.29, 0.717) is 5.92 Å². The molecule has 1 heterocycles. The van der Waals surface area contributed by atoms with Crippen LogP contribution in [-0.2, 0) is 15.7 Å². The second-order valence-corrected chi connectivity index (χ2v) is 7.21. The summed E-state index contributed by atoms with van der Waals surface area (Å²) in [6.07, 6.45) is 4.72. The van der Waals surface area contributed by atoms with Crippen molar-refractivity contribution in [3.05, 3.63) is 35.4 Å². The van der Waals surface area contributed by atoms with E-state index in [2.05, 4.69) is 52.0 Å². The molecule has 0 unspecified atom stereocenters. The van der Waals surface area contributed by atoms with Gasteiger partial charge in [0.25, 0.3) is 0 Å².